The molecule has 0 saturated heterocycles. The monoisotopic (exact) mass is 281 g/mol. The van der Waals surface area contributed by atoms with Gasteiger partial charge in [-0.25, -0.2) is 0 Å². The summed E-state index contributed by atoms with van der Waals surface area (Å²) in [5, 5.41) is 0. The lowest BCUT2D eigenvalue weighted by molar-refractivity contribution is 0.0683. The minimum Gasteiger partial charge on any atom is -0.367 e. The van der Waals surface area contributed by atoms with Gasteiger partial charge in [0.2, 0.25) is 0 Å². The number of hydrogen-bond donors (Lipinski definition) is 0. The Morgan fingerprint density at radius 3 is 2.65 bits per heavy atom. The first kappa shape index (κ1) is 5.63. The molecule has 0 aromatic heterocycles. The largest absolute Gasteiger partial charge is 0.367 e. The van der Waals surface area contributed by atoms with Crippen molar-refractivity contribution in [2.75, 3.05) is 27.1 Å². The minimum atomic E-state index is -3.17. The zero-order valence-corrected chi connectivity index (χ0v) is 10.8. The van der Waals surface area contributed by atoms with E-state index in [1.165, 1.54) is 36.4 Å². The van der Waals surface area contributed by atoms with Gasteiger partial charge >= 0.3 is 0 Å². The average molecular weight is 281 g/mol. The van der Waals surface area contributed by atoms with Crippen LogP contribution in [0.25, 0.3) is 0 Å². The van der Waals surface area contributed by atoms with Gasteiger partial charge in [0.05, 0.1) is 10.7 Å². The molecule has 2 heteroatoms. The van der Waals surface area contributed by atoms with Gasteiger partial charge < -0.3 is 9.64 Å². The summed E-state index contributed by atoms with van der Waals surface area (Å²) in [7, 11) is 0. The Balaban J connectivity index is 2.62. The van der Waals surface area contributed by atoms with Gasteiger partial charge in [-0.2, -0.15) is 0 Å². The van der Waals surface area contributed by atoms with Crippen molar-refractivity contribution >= 4 is 0 Å². The van der Waals surface area contributed by atoms with Crippen molar-refractivity contribution in [3.63, 3.8) is 0 Å². The Bertz CT molecular complexity index is 893. The molecule has 0 aliphatic carbocycles. The molecule has 0 aliphatic rings. The fraction of sp³-hybridized carbons (Fsp3) is 0.333. The summed E-state index contributed by atoms with van der Waals surface area (Å²) in [5.74, 6) is 0. The quantitative estimate of drug-likeness (QED) is 0.801. The highest BCUT2D eigenvalue weighted by Crippen LogP contribution is 2.28. The van der Waals surface area contributed by atoms with Crippen LogP contribution in [-0.2, 0) is 4.74 Å². The van der Waals surface area contributed by atoms with Crippen LogP contribution < -0.4 is 0 Å². The van der Waals surface area contributed by atoms with Crippen molar-refractivity contribution < 1.29 is 21.2 Å². The second-order valence-corrected chi connectivity index (χ2v) is 4.07. The van der Waals surface area contributed by atoms with E-state index in [1.54, 1.807) is 18.2 Å². The number of hydrogen-bond acceptors (Lipinski definition) is 2. The topological polar surface area (TPSA) is 12.5 Å². The van der Waals surface area contributed by atoms with Crippen LogP contribution in [0.15, 0.2) is 54.6 Å². The first-order chi connectivity index (χ1) is 14.4. The number of likely N-dealkylation sites (N-methyl/N-ethyl adjacent to an activating group) is 1. The molecule has 0 heterocycles. The molecule has 0 N–H and O–H groups in total. The van der Waals surface area contributed by atoms with Crippen molar-refractivity contribution in [1.82, 2.24) is 4.90 Å². The molecule has 0 saturated carbocycles. The summed E-state index contributed by atoms with van der Waals surface area (Å²) in [6.07, 6.45) is -2.43. The van der Waals surface area contributed by atoms with E-state index in [4.69, 9.17) is 21.2 Å². The fourth-order valence-electron chi connectivity index (χ4n) is 1.71. The Hall–Kier alpha value is -1.64. The number of ether oxygens (including phenoxy) is 1. The van der Waals surface area contributed by atoms with E-state index >= 15 is 0 Å². The lowest BCUT2D eigenvalue weighted by atomic mass is 9.97. The van der Waals surface area contributed by atoms with Crippen LogP contribution in [0.2, 0.25) is 0 Å². The van der Waals surface area contributed by atoms with Crippen LogP contribution in [0.5, 0.6) is 0 Å². The molecule has 0 bridgehead atoms. The molecule has 0 amide bonds. The third-order valence-corrected chi connectivity index (χ3v) is 2.60. The smallest absolute Gasteiger partial charge is 0.108 e. The summed E-state index contributed by atoms with van der Waals surface area (Å²) in [6.45, 7) is -13.2. The van der Waals surface area contributed by atoms with Crippen LogP contribution in [0.3, 0.4) is 0 Å². The van der Waals surface area contributed by atoms with Crippen LogP contribution in [0.4, 0.5) is 0 Å². The molecule has 0 aliphatic heterocycles. The molecule has 2 aromatic carbocycles. The molecular weight excluding hydrogens is 246 g/mol. The van der Waals surface area contributed by atoms with E-state index in [0.717, 1.165) is 0 Å². The molecule has 1 unspecified atom stereocenters. The van der Waals surface area contributed by atoms with E-state index < -0.39 is 40.0 Å². The highest BCUT2D eigenvalue weighted by molar-refractivity contribution is 5.35. The van der Waals surface area contributed by atoms with Gasteiger partial charge in [0.15, 0.2) is 0 Å². The van der Waals surface area contributed by atoms with Gasteiger partial charge in [-0.15, -0.1) is 0 Å². The van der Waals surface area contributed by atoms with Crippen molar-refractivity contribution in [1.29, 1.82) is 0 Å². The summed E-state index contributed by atoms with van der Waals surface area (Å²) >= 11 is 0. The zero-order chi connectivity index (χ0) is 24.6. The van der Waals surface area contributed by atoms with Crippen LogP contribution in [0, 0.1) is 6.85 Å². The highest BCUT2D eigenvalue weighted by Gasteiger charge is 2.16. The predicted octanol–water partition coefficient (Wildman–Crippen LogP) is 3.66. The Kier molecular flexibility index (Phi) is 2.03. The molecular formula is C18H23NO. The first-order valence-corrected chi connectivity index (χ1v) is 6.01. The molecule has 2 rings (SSSR count). The molecule has 2 nitrogen and oxygen atoms in total. The third-order valence-electron chi connectivity index (χ3n) is 2.60. The lowest BCUT2D eigenvalue weighted by Gasteiger charge is -2.22. The van der Waals surface area contributed by atoms with Crippen molar-refractivity contribution in [2.24, 2.45) is 0 Å². The van der Waals surface area contributed by atoms with Crippen molar-refractivity contribution in [3.05, 3.63) is 71.3 Å². The van der Waals surface area contributed by atoms with E-state index in [9.17, 15) is 0 Å². The van der Waals surface area contributed by atoms with Crippen LogP contribution >= 0.6 is 0 Å². The summed E-state index contributed by atoms with van der Waals surface area (Å²) in [6, 6.07) is 13.1. The summed E-state index contributed by atoms with van der Waals surface area (Å²) in [5.41, 5.74) is -0.350. The number of nitrogens with zero attached hydrogens (tertiary/aromatic N) is 1. The molecule has 0 fully saturated rings. The van der Waals surface area contributed by atoms with Gasteiger partial charge in [-0.3, -0.25) is 0 Å². The van der Waals surface area contributed by atoms with E-state index in [0.29, 0.717) is 0 Å². The van der Waals surface area contributed by atoms with Crippen LogP contribution in [-0.4, -0.2) is 32.0 Å². The predicted molar refractivity (Wildman–Crippen MR) is 84.0 cm³/mol. The zero-order valence-electron chi connectivity index (χ0n) is 22.8. The van der Waals surface area contributed by atoms with E-state index in [-0.39, 0.29) is 21.6 Å². The molecule has 0 radical (unpaired) electrons. The van der Waals surface area contributed by atoms with Gasteiger partial charge in [0.25, 0.3) is 0 Å². The third kappa shape index (κ3) is 3.92. The van der Waals surface area contributed by atoms with Crippen LogP contribution in [0.1, 0.15) is 39.2 Å². The molecule has 0 spiro atoms. The van der Waals surface area contributed by atoms with Crippen molar-refractivity contribution in [3.8, 4) is 0 Å². The summed E-state index contributed by atoms with van der Waals surface area (Å²) in [4.78, 5) is -0.0128. The van der Waals surface area contributed by atoms with Gasteiger partial charge in [0.1, 0.15) is 6.08 Å². The average Bonchev–Trinajstić information content (AvgIpc) is 2.64. The lowest BCUT2D eigenvalue weighted by Crippen LogP contribution is -2.20. The molecule has 20 heavy (non-hydrogen) atoms. The Morgan fingerprint density at radius 2 is 1.90 bits per heavy atom. The van der Waals surface area contributed by atoms with E-state index in [1.807, 2.05) is 0 Å². The van der Waals surface area contributed by atoms with Gasteiger partial charge in [0, 0.05) is 18.9 Å². The highest BCUT2D eigenvalue weighted by atomic mass is 16.5. The SMILES string of the molecule is [2H]C([2H])(CN(C([2H])([2H])[2H])C([2H])([2H])[2H])OC([2H])(c1ccccc1)c1ccccc1C([2H])([2H])[2H]. The second-order valence-electron chi connectivity index (χ2n) is 4.07. The normalized spacial score (nSPS) is 25.6. The number of aryl methyl sites for hydroxylation is 1. The minimum absolute atomic E-state index is 0.0128. The first-order valence-electron chi connectivity index (χ1n) is 12.0. The Labute approximate surface area is 138 Å². The number of rotatable bonds is 6. The maximum absolute atomic E-state index is 9.02. The second kappa shape index (κ2) is 7.22. The maximum Gasteiger partial charge on any atom is 0.108 e. The molecule has 1 atom stereocenters. The van der Waals surface area contributed by atoms with E-state index in [2.05, 4.69) is 0 Å². The standard InChI is InChI=1S/C18H23NO/c1-15-9-7-8-12-17(15)18(20-14-13-19(2)3)16-10-5-4-6-11-16/h4-12,18H,13-14H2,1-3H3/i1D3,2D3,3D3,14D2,18D. The molecule has 106 valence electrons. The Morgan fingerprint density at radius 1 is 1.15 bits per heavy atom. The number of benzene rings is 2. The van der Waals surface area contributed by atoms with Gasteiger partial charge in [-0.1, -0.05) is 54.6 Å². The van der Waals surface area contributed by atoms with Crippen molar-refractivity contribution in [2.45, 2.75) is 12.9 Å². The molecule has 2 aromatic rings. The maximum atomic E-state index is 9.02. The fourth-order valence-corrected chi connectivity index (χ4v) is 1.71. The van der Waals surface area contributed by atoms with Gasteiger partial charge in [-0.05, 0) is 37.5 Å². The summed E-state index contributed by atoms with van der Waals surface area (Å²) < 4.78 is 99.1.